The molecule has 0 saturated heterocycles. The molecule has 0 unspecified atom stereocenters. The van der Waals surface area contributed by atoms with Gasteiger partial charge >= 0.3 is 0 Å². The smallest absolute Gasteiger partial charge is 0.157 e. The molecule has 2 aromatic carbocycles. The van der Waals surface area contributed by atoms with Crippen molar-refractivity contribution in [2.24, 2.45) is 0 Å². The second-order valence-electron chi connectivity index (χ2n) is 4.85. The van der Waals surface area contributed by atoms with Crippen LogP contribution < -0.4 is 5.32 Å². The molecule has 0 radical (unpaired) electrons. The minimum Gasteiger partial charge on any atom is -0.337 e. The lowest BCUT2D eigenvalue weighted by Gasteiger charge is -2.11. The SMILES string of the molecule is Clc1ccc(Nc2nc3ccccc3n3cncc23)c(Br)c1. The monoisotopic (exact) mass is 372 g/mol. The van der Waals surface area contributed by atoms with Gasteiger partial charge in [0.1, 0.15) is 5.52 Å². The van der Waals surface area contributed by atoms with E-state index < -0.39 is 0 Å². The fourth-order valence-electron chi connectivity index (χ4n) is 2.41. The fraction of sp³-hybridized carbons (Fsp3) is 0. The summed E-state index contributed by atoms with van der Waals surface area (Å²) in [7, 11) is 0. The van der Waals surface area contributed by atoms with Crippen molar-refractivity contribution in [3.8, 4) is 0 Å². The molecule has 0 saturated carbocycles. The van der Waals surface area contributed by atoms with Gasteiger partial charge in [0.15, 0.2) is 5.82 Å². The molecule has 4 rings (SSSR count). The van der Waals surface area contributed by atoms with Crippen LogP contribution in [-0.4, -0.2) is 14.4 Å². The third kappa shape index (κ3) is 2.23. The molecule has 108 valence electrons. The van der Waals surface area contributed by atoms with Gasteiger partial charge in [-0.05, 0) is 46.3 Å². The topological polar surface area (TPSA) is 42.2 Å². The lowest BCUT2D eigenvalue weighted by atomic mass is 10.3. The predicted octanol–water partition coefficient (Wildman–Crippen LogP) is 5.04. The zero-order valence-corrected chi connectivity index (χ0v) is 13.6. The van der Waals surface area contributed by atoms with E-state index in [1.165, 1.54) is 0 Å². The summed E-state index contributed by atoms with van der Waals surface area (Å²) in [6.07, 6.45) is 3.59. The van der Waals surface area contributed by atoms with Crippen molar-refractivity contribution in [3.05, 3.63) is 64.5 Å². The molecular weight excluding hydrogens is 364 g/mol. The number of nitrogens with zero attached hydrogens (tertiary/aromatic N) is 3. The van der Waals surface area contributed by atoms with Crippen molar-refractivity contribution in [2.45, 2.75) is 0 Å². The van der Waals surface area contributed by atoms with Crippen molar-refractivity contribution in [1.82, 2.24) is 14.4 Å². The number of aromatic nitrogens is 3. The Morgan fingerprint density at radius 1 is 1.09 bits per heavy atom. The Morgan fingerprint density at radius 3 is 2.82 bits per heavy atom. The van der Waals surface area contributed by atoms with Gasteiger partial charge in [0.05, 0.1) is 29.2 Å². The molecule has 0 aliphatic carbocycles. The third-order valence-corrected chi connectivity index (χ3v) is 4.33. The van der Waals surface area contributed by atoms with Crippen LogP contribution in [0, 0.1) is 0 Å². The van der Waals surface area contributed by atoms with E-state index in [2.05, 4.69) is 26.2 Å². The largest absolute Gasteiger partial charge is 0.337 e. The number of para-hydroxylation sites is 2. The maximum absolute atomic E-state index is 5.99. The summed E-state index contributed by atoms with van der Waals surface area (Å²) in [6.45, 7) is 0. The minimum atomic E-state index is 0.679. The van der Waals surface area contributed by atoms with Gasteiger partial charge in [0.25, 0.3) is 0 Å². The van der Waals surface area contributed by atoms with E-state index in [1.54, 1.807) is 12.5 Å². The summed E-state index contributed by atoms with van der Waals surface area (Å²) in [5.41, 5.74) is 3.74. The molecule has 0 atom stereocenters. The van der Waals surface area contributed by atoms with Crippen LogP contribution in [-0.2, 0) is 0 Å². The van der Waals surface area contributed by atoms with E-state index in [0.29, 0.717) is 5.02 Å². The zero-order valence-electron chi connectivity index (χ0n) is 11.3. The van der Waals surface area contributed by atoms with Gasteiger partial charge in [-0.25, -0.2) is 9.97 Å². The molecule has 22 heavy (non-hydrogen) atoms. The number of hydrogen-bond acceptors (Lipinski definition) is 3. The second kappa shape index (κ2) is 5.26. The summed E-state index contributed by atoms with van der Waals surface area (Å²) in [5.74, 6) is 0.749. The van der Waals surface area contributed by atoms with Crippen LogP contribution in [0.5, 0.6) is 0 Å². The lowest BCUT2D eigenvalue weighted by molar-refractivity contribution is 1.19. The van der Waals surface area contributed by atoms with Crippen LogP contribution in [0.25, 0.3) is 16.6 Å². The Labute approximate surface area is 139 Å². The van der Waals surface area contributed by atoms with Gasteiger partial charge in [-0.15, -0.1) is 0 Å². The molecule has 0 spiro atoms. The molecule has 4 nitrogen and oxygen atoms in total. The van der Waals surface area contributed by atoms with E-state index >= 15 is 0 Å². The number of anilines is 2. The first kappa shape index (κ1) is 13.5. The van der Waals surface area contributed by atoms with Crippen LogP contribution in [0.4, 0.5) is 11.5 Å². The van der Waals surface area contributed by atoms with Gasteiger partial charge in [-0.1, -0.05) is 23.7 Å². The Bertz CT molecular complexity index is 996. The number of halogens is 2. The quantitative estimate of drug-likeness (QED) is 0.535. The number of rotatable bonds is 2. The van der Waals surface area contributed by atoms with Crippen LogP contribution in [0.15, 0.2) is 59.5 Å². The van der Waals surface area contributed by atoms with Gasteiger partial charge in [0, 0.05) is 9.50 Å². The standard InChI is InChI=1S/C16H10BrClN4/c17-11-7-10(18)5-6-12(11)20-16-15-8-19-9-22(15)14-4-2-1-3-13(14)21-16/h1-9H,(H,20,21). The molecular formula is C16H10BrClN4. The highest BCUT2D eigenvalue weighted by atomic mass is 79.9. The highest BCUT2D eigenvalue weighted by Crippen LogP contribution is 2.30. The summed E-state index contributed by atoms with van der Waals surface area (Å²) in [5, 5.41) is 4.02. The van der Waals surface area contributed by atoms with Gasteiger partial charge in [0.2, 0.25) is 0 Å². The lowest BCUT2D eigenvalue weighted by Crippen LogP contribution is -1.99. The van der Waals surface area contributed by atoms with Crippen LogP contribution in [0.3, 0.4) is 0 Å². The maximum Gasteiger partial charge on any atom is 0.157 e. The zero-order chi connectivity index (χ0) is 15.1. The molecule has 0 fully saturated rings. The van der Waals surface area contributed by atoms with Crippen molar-refractivity contribution in [1.29, 1.82) is 0 Å². The predicted molar refractivity (Wildman–Crippen MR) is 92.9 cm³/mol. The number of hydrogen-bond donors (Lipinski definition) is 1. The molecule has 2 aromatic heterocycles. The molecule has 4 aromatic rings. The molecule has 2 heterocycles. The third-order valence-electron chi connectivity index (χ3n) is 3.44. The summed E-state index contributed by atoms with van der Waals surface area (Å²) in [6, 6.07) is 13.6. The number of nitrogens with one attached hydrogen (secondary N) is 1. The van der Waals surface area contributed by atoms with Crippen LogP contribution in [0.2, 0.25) is 5.02 Å². The number of fused-ring (bicyclic) bond motifs is 3. The summed E-state index contributed by atoms with van der Waals surface area (Å²) in [4.78, 5) is 8.95. The average Bonchev–Trinajstić information content (AvgIpc) is 3.00. The summed E-state index contributed by atoms with van der Waals surface area (Å²) < 4.78 is 2.90. The minimum absolute atomic E-state index is 0.679. The van der Waals surface area contributed by atoms with Crippen molar-refractivity contribution in [2.75, 3.05) is 5.32 Å². The van der Waals surface area contributed by atoms with E-state index in [9.17, 15) is 0 Å². The number of benzene rings is 2. The van der Waals surface area contributed by atoms with E-state index in [4.69, 9.17) is 16.6 Å². The van der Waals surface area contributed by atoms with E-state index in [1.807, 2.05) is 46.9 Å². The average molecular weight is 374 g/mol. The maximum atomic E-state index is 5.99. The van der Waals surface area contributed by atoms with Gasteiger partial charge < -0.3 is 5.32 Å². The van der Waals surface area contributed by atoms with E-state index in [0.717, 1.165) is 32.5 Å². The molecule has 0 amide bonds. The first-order valence-corrected chi connectivity index (χ1v) is 7.82. The molecule has 0 bridgehead atoms. The van der Waals surface area contributed by atoms with Crippen molar-refractivity contribution < 1.29 is 0 Å². The molecule has 0 aliphatic heterocycles. The summed E-state index contributed by atoms with van der Waals surface area (Å²) >= 11 is 9.50. The highest BCUT2D eigenvalue weighted by molar-refractivity contribution is 9.10. The molecule has 1 N–H and O–H groups in total. The first-order valence-electron chi connectivity index (χ1n) is 6.65. The second-order valence-corrected chi connectivity index (χ2v) is 6.14. The Morgan fingerprint density at radius 2 is 1.95 bits per heavy atom. The Hall–Kier alpha value is -2.11. The number of imidazole rings is 1. The van der Waals surface area contributed by atoms with Crippen molar-refractivity contribution in [3.63, 3.8) is 0 Å². The highest BCUT2D eigenvalue weighted by Gasteiger charge is 2.10. The Balaban J connectivity index is 1.91. The normalized spacial score (nSPS) is 11.2. The van der Waals surface area contributed by atoms with Gasteiger partial charge in [-0.2, -0.15) is 0 Å². The molecule has 6 heteroatoms. The van der Waals surface area contributed by atoms with Gasteiger partial charge in [-0.3, -0.25) is 4.40 Å². The van der Waals surface area contributed by atoms with Crippen LogP contribution in [0.1, 0.15) is 0 Å². The molecule has 0 aliphatic rings. The van der Waals surface area contributed by atoms with Crippen molar-refractivity contribution >= 4 is 55.6 Å². The fourth-order valence-corrected chi connectivity index (χ4v) is 3.19. The first-order chi connectivity index (χ1) is 10.7. The van der Waals surface area contributed by atoms with Crippen LogP contribution >= 0.6 is 27.5 Å². The Kier molecular flexibility index (Phi) is 3.24. The van der Waals surface area contributed by atoms with E-state index in [-0.39, 0.29) is 0 Å².